The van der Waals surface area contributed by atoms with Crippen LogP contribution in [0.15, 0.2) is 0 Å². The van der Waals surface area contributed by atoms with E-state index in [1.807, 2.05) is 11.8 Å². The summed E-state index contributed by atoms with van der Waals surface area (Å²) >= 11 is 0. The van der Waals surface area contributed by atoms with Crippen molar-refractivity contribution >= 4 is 11.8 Å². The highest BCUT2D eigenvalue weighted by Crippen LogP contribution is 2.08. The molecule has 1 saturated heterocycles. The summed E-state index contributed by atoms with van der Waals surface area (Å²) in [4.78, 5) is 25.3. The van der Waals surface area contributed by atoms with Crippen LogP contribution in [-0.2, 0) is 9.59 Å². The second-order valence-electron chi connectivity index (χ2n) is 4.90. The molecule has 1 aliphatic rings. The lowest BCUT2D eigenvalue weighted by Crippen LogP contribution is -2.53. The summed E-state index contributed by atoms with van der Waals surface area (Å²) in [6, 6.07) is 0. The van der Waals surface area contributed by atoms with Gasteiger partial charge in [0.2, 0.25) is 11.8 Å². The van der Waals surface area contributed by atoms with E-state index in [1.165, 1.54) is 6.42 Å². The molecule has 5 nitrogen and oxygen atoms in total. The van der Waals surface area contributed by atoms with Gasteiger partial charge in [-0.3, -0.25) is 9.59 Å². The first kappa shape index (κ1) is 14.0. The molecule has 0 aromatic heterocycles. The summed E-state index contributed by atoms with van der Waals surface area (Å²) in [6.07, 6.45) is 3.86. The van der Waals surface area contributed by atoms with Crippen LogP contribution in [0.4, 0.5) is 0 Å². The minimum Gasteiger partial charge on any atom is -0.345 e. The van der Waals surface area contributed by atoms with E-state index in [9.17, 15) is 9.59 Å². The summed E-state index contributed by atoms with van der Waals surface area (Å²) in [5.74, 6) is -0.268. The molecule has 0 aliphatic carbocycles. The number of amides is 2. The highest BCUT2D eigenvalue weighted by molar-refractivity contribution is 5.89. The minimum absolute atomic E-state index is 0.00930. The number of likely N-dealkylation sites (tertiary alicyclic amines) is 1. The third kappa shape index (κ3) is 4.00. The van der Waals surface area contributed by atoms with Crippen molar-refractivity contribution in [3.05, 3.63) is 0 Å². The average Bonchev–Trinajstić information content (AvgIpc) is 2.36. The van der Waals surface area contributed by atoms with Gasteiger partial charge in [-0.1, -0.05) is 6.92 Å². The Bertz CT molecular complexity index is 283. The molecule has 1 fully saturated rings. The third-order valence-electron chi connectivity index (χ3n) is 3.36. The Balaban J connectivity index is 2.35. The predicted octanol–water partition coefficient (Wildman–Crippen LogP) is 0.243. The van der Waals surface area contributed by atoms with Crippen LogP contribution in [0.2, 0.25) is 0 Å². The Labute approximate surface area is 103 Å². The maximum Gasteiger partial charge on any atom is 0.241 e. The van der Waals surface area contributed by atoms with Crippen LogP contribution in [0.25, 0.3) is 0 Å². The van der Waals surface area contributed by atoms with Crippen molar-refractivity contribution in [2.75, 3.05) is 19.6 Å². The molecular formula is C12H23N3O2. The molecule has 1 unspecified atom stereocenters. The molecule has 0 saturated carbocycles. The van der Waals surface area contributed by atoms with Crippen LogP contribution in [0, 0.1) is 0 Å². The van der Waals surface area contributed by atoms with Gasteiger partial charge < -0.3 is 16.0 Å². The normalized spacial score (nSPS) is 19.6. The largest absolute Gasteiger partial charge is 0.345 e. The number of nitrogens with two attached hydrogens (primary N) is 1. The van der Waals surface area contributed by atoms with Gasteiger partial charge >= 0.3 is 0 Å². The monoisotopic (exact) mass is 241 g/mol. The molecule has 1 rings (SSSR count). The van der Waals surface area contributed by atoms with Crippen LogP contribution in [0.3, 0.4) is 0 Å². The third-order valence-corrected chi connectivity index (χ3v) is 3.36. The fourth-order valence-electron chi connectivity index (χ4n) is 1.77. The van der Waals surface area contributed by atoms with E-state index in [4.69, 9.17) is 5.73 Å². The maximum absolute atomic E-state index is 11.8. The lowest BCUT2D eigenvalue weighted by atomic mass is 10.00. The summed E-state index contributed by atoms with van der Waals surface area (Å²) in [6.45, 7) is 5.20. The molecule has 5 heteroatoms. The van der Waals surface area contributed by atoms with Crippen molar-refractivity contribution in [3.8, 4) is 0 Å². The van der Waals surface area contributed by atoms with Crippen molar-refractivity contribution in [2.24, 2.45) is 5.73 Å². The molecule has 1 atom stereocenters. The molecule has 0 spiro atoms. The van der Waals surface area contributed by atoms with Gasteiger partial charge in [0.15, 0.2) is 0 Å². The van der Waals surface area contributed by atoms with Crippen molar-refractivity contribution in [2.45, 2.75) is 45.1 Å². The maximum atomic E-state index is 11.8. The summed E-state index contributed by atoms with van der Waals surface area (Å²) < 4.78 is 0. The Morgan fingerprint density at radius 3 is 2.41 bits per heavy atom. The number of nitrogens with one attached hydrogen (secondary N) is 1. The van der Waals surface area contributed by atoms with E-state index in [2.05, 4.69) is 5.32 Å². The molecule has 0 bridgehead atoms. The average molecular weight is 241 g/mol. The first-order valence-electron chi connectivity index (χ1n) is 6.32. The van der Waals surface area contributed by atoms with E-state index in [0.29, 0.717) is 6.42 Å². The number of carbonyl (C=O) groups is 2. The number of hydrogen-bond acceptors (Lipinski definition) is 3. The fourth-order valence-corrected chi connectivity index (χ4v) is 1.77. The zero-order valence-electron chi connectivity index (χ0n) is 10.8. The second kappa shape index (κ2) is 6.00. The lowest BCUT2D eigenvalue weighted by molar-refractivity contribution is -0.134. The Morgan fingerprint density at radius 1 is 1.29 bits per heavy atom. The van der Waals surface area contributed by atoms with Gasteiger partial charge in [-0.2, -0.15) is 0 Å². The smallest absolute Gasteiger partial charge is 0.241 e. The van der Waals surface area contributed by atoms with Gasteiger partial charge in [0.25, 0.3) is 0 Å². The van der Waals surface area contributed by atoms with Crippen LogP contribution < -0.4 is 11.1 Å². The fraction of sp³-hybridized carbons (Fsp3) is 0.833. The molecule has 17 heavy (non-hydrogen) atoms. The Morgan fingerprint density at radius 2 is 1.88 bits per heavy atom. The lowest BCUT2D eigenvalue weighted by Gasteiger charge is -2.27. The number of rotatable bonds is 4. The second-order valence-corrected chi connectivity index (χ2v) is 4.90. The highest BCUT2D eigenvalue weighted by Gasteiger charge is 2.26. The summed E-state index contributed by atoms with van der Waals surface area (Å²) in [7, 11) is 0. The molecule has 0 radical (unpaired) electrons. The van der Waals surface area contributed by atoms with Gasteiger partial charge in [-0.05, 0) is 32.6 Å². The topological polar surface area (TPSA) is 75.4 Å². The zero-order chi connectivity index (χ0) is 12.9. The first-order valence-corrected chi connectivity index (χ1v) is 6.32. The predicted molar refractivity (Wildman–Crippen MR) is 66.3 cm³/mol. The molecule has 98 valence electrons. The van der Waals surface area contributed by atoms with Crippen molar-refractivity contribution < 1.29 is 9.59 Å². The standard InChI is InChI=1S/C12H23N3O2/c1-3-12(2,13)11(17)14-9-10(16)15-7-5-4-6-8-15/h3-9,13H2,1-2H3,(H,14,17). The minimum atomic E-state index is -0.887. The van der Waals surface area contributed by atoms with E-state index in [-0.39, 0.29) is 18.4 Å². The molecule has 0 aromatic rings. The quantitative estimate of drug-likeness (QED) is 0.740. The summed E-state index contributed by atoms with van der Waals surface area (Å²) in [5.41, 5.74) is 4.90. The van der Waals surface area contributed by atoms with E-state index in [0.717, 1.165) is 25.9 Å². The SMILES string of the molecule is CCC(C)(N)C(=O)NCC(=O)N1CCCCC1. The summed E-state index contributed by atoms with van der Waals surface area (Å²) in [5, 5.41) is 2.62. The van der Waals surface area contributed by atoms with Crippen LogP contribution in [0.1, 0.15) is 39.5 Å². The van der Waals surface area contributed by atoms with Crippen LogP contribution in [0.5, 0.6) is 0 Å². The van der Waals surface area contributed by atoms with Crippen molar-refractivity contribution in [3.63, 3.8) is 0 Å². The Kier molecular flexibility index (Phi) is 4.93. The molecule has 1 aliphatic heterocycles. The molecular weight excluding hydrogens is 218 g/mol. The van der Waals surface area contributed by atoms with Crippen LogP contribution in [-0.4, -0.2) is 41.9 Å². The molecule has 2 amide bonds. The highest BCUT2D eigenvalue weighted by atomic mass is 16.2. The van der Waals surface area contributed by atoms with Gasteiger partial charge in [-0.25, -0.2) is 0 Å². The van der Waals surface area contributed by atoms with Gasteiger partial charge in [0.05, 0.1) is 12.1 Å². The number of hydrogen-bond donors (Lipinski definition) is 2. The van der Waals surface area contributed by atoms with Crippen molar-refractivity contribution in [1.82, 2.24) is 10.2 Å². The molecule has 0 aromatic carbocycles. The van der Waals surface area contributed by atoms with Crippen LogP contribution >= 0.6 is 0 Å². The van der Waals surface area contributed by atoms with Gasteiger partial charge in [-0.15, -0.1) is 0 Å². The van der Waals surface area contributed by atoms with E-state index < -0.39 is 5.54 Å². The number of nitrogens with zero attached hydrogens (tertiary/aromatic N) is 1. The van der Waals surface area contributed by atoms with Gasteiger partial charge in [0, 0.05) is 13.1 Å². The van der Waals surface area contributed by atoms with Crippen molar-refractivity contribution in [1.29, 1.82) is 0 Å². The number of piperidine rings is 1. The molecule has 3 N–H and O–H groups in total. The van der Waals surface area contributed by atoms with E-state index in [1.54, 1.807) is 6.92 Å². The molecule has 1 heterocycles. The Hall–Kier alpha value is -1.10. The number of carbonyl (C=O) groups excluding carboxylic acids is 2. The first-order chi connectivity index (χ1) is 7.97. The van der Waals surface area contributed by atoms with Gasteiger partial charge in [0.1, 0.15) is 0 Å². The zero-order valence-corrected chi connectivity index (χ0v) is 10.8. The van der Waals surface area contributed by atoms with E-state index >= 15 is 0 Å².